The Morgan fingerprint density at radius 2 is 2.33 bits per heavy atom. The van der Waals surface area contributed by atoms with Crippen LogP contribution in [-0.2, 0) is 11.2 Å². The second-order valence-corrected chi connectivity index (χ2v) is 3.17. The molecule has 0 fully saturated rings. The van der Waals surface area contributed by atoms with Gasteiger partial charge >= 0.3 is 5.97 Å². The van der Waals surface area contributed by atoms with Crippen LogP contribution in [0.15, 0.2) is 11.0 Å². The molecule has 5 heteroatoms. The van der Waals surface area contributed by atoms with E-state index >= 15 is 0 Å². The Balaban J connectivity index is 2.88. The number of carbonyl (C=O) groups excluding carboxylic acids is 1. The molecule has 1 aromatic heterocycles. The number of aromatic nitrogens is 2. The number of hydrogen-bond acceptors (Lipinski definition) is 4. The van der Waals surface area contributed by atoms with E-state index in [-0.39, 0.29) is 5.56 Å². The molecular weight excluding hydrogens is 196 g/mol. The Hall–Kier alpha value is -1.65. The molecule has 0 saturated carbocycles. The third-order valence-electron chi connectivity index (χ3n) is 2.02. The largest absolute Gasteiger partial charge is 0.465 e. The second-order valence-electron chi connectivity index (χ2n) is 3.17. The molecule has 0 unspecified atom stereocenters. The average molecular weight is 210 g/mol. The first kappa shape index (κ1) is 11.4. The van der Waals surface area contributed by atoms with Gasteiger partial charge in [-0.2, -0.15) is 0 Å². The molecule has 0 bridgehead atoms. The highest BCUT2D eigenvalue weighted by atomic mass is 16.5. The fourth-order valence-electron chi connectivity index (χ4n) is 1.16. The van der Waals surface area contributed by atoms with Gasteiger partial charge in [0, 0.05) is 12.6 Å². The summed E-state index contributed by atoms with van der Waals surface area (Å²) in [5.74, 6) is -0.0553. The lowest BCUT2D eigenvalue weighted by molar-refractivity contribution is 0.0598. The zero-order valence-electron chi connectivity index (χ0n) is 8.87. The minimum Gasteiger partial charge on any atom is -0.465 e. The van der Waals surface area contributed by atoms with Crippen LogP contribution in [0.3, 0.4) is 0 Å². The van der Waals surface area contributed by atoms with E-state index in [0.29, 0.717) is 12.2 Å². The van der Waals surface area contributed by atoms with Gasteiger partial charge in [-0.25, -0.2) is 9.78 Å². The summed E-state index contributed by atoms with van der Waals surface area (Å²) < 4.78 is 4.44. The molecule has 0 spiro atoms. The van der Waals surface area contributed by atoms with Crippen molar-refractivity contribution in [2.75, 3.05) is 7.11 Å². The van der Waals surface area contributed by atoms with Gasteiger partial charge < -0.3 is 9.72 Å². The van der Waals surface area contributed by atoms with Gasteiger partial charge in [-0.1, -0.05) is 13.3 Å². The van der Waals surface area contributed by atoms with Crippen molar-refractivity contribution in [3.8, 4) is 0 Å². The van der Waals surface area contributed by atoms with E-state index in [1.165, 1.54) is 13.3 Å². The van der Waals surface area contributed by atoms with Crippen LogP contribution in [-0.4, -0.2) is 23.0 Å². The molecule has 5 nitrogen and oxygen atoms in total. The van der Waals surface area contributed by atoms with Crippen LogP contribution >= 0.6 is 0 Å². The van der Waals surface area contributed by atoms with E-state index in [1.807, 2.05) is 0 Å². The predicted molar refractivity (Wildman–Crippen MR) is 54.8 cm³/mol. The molecular formula is C10H14N2O3. The van der Waals surface area contributed by atoms with Crippen LogP contribution in [0.4, 0.5) is 0 Å². The normalized spacial score (nSPS) is 10.0. The number of H-pyrrole nitrogens is 1. The predicted octanol–water partition coefficient (Wildman–Crippen LogP) is 0.899. The van der Waals surface area contributed by atoms with Crippen LogP contribution in [0.2, 0.25) is 0 Å². The fourth-order valence-corrected chi connectivity index (χ4v) is 1.16. The van der Waals surface area contributed by atoms with Crippen molar-refractivity contribution in [3.05, 3.63) is 27.9 Å². The van der Waals surface area contributed by atoms with Gasteiger partial charge in [0.1, 0.15) is 11.4 Å². The van der Waals surface area contributed by atoms with Gasteiger partial charge in [0.05, 0.1) is 7.11 Å². The lowest BCUT2D eigenvalue weighted by Crippen LogP contribution is -2.21. The first-order valence-electron chi connectivity index (χ1n) is 4.85. The Morgan fingerprint density at radius 3 is 2.87 bits per heavy atom. The summed E-state index contributed by atoms with van der Waals surface area (Å²) in [7, 11) is 1.23. The van der Waals surface area contributed by atoms with Crippen molar-refractivity contribution in [1.29, 1.82) is 0 Å². The summed E-state index contributed by atoms with van der Waals surface area (Å²) in [4.78, 5) is 29.0. The molecule has 0 atom stereocenters. The number of nitrogens with zero attached hydrogens (tertiary/aromatic N) is 1. The summed E-state index contributed by atoms with van der Waals surface area (Å²) in [6.07, 6.45) is 3.96. The molecule has 82 valence electrons. The van der Waals surface area contributed by atoms with Crippen molar-refractivity contribution in [1.82, 2.24) is 9.97 Å². The molecule has 0 aromatic carbocycles. The molecule has 15 heavy (non-hydrogen) atoms. The Morgan fingerprint density at radius 1 is 1.60 bits per heavy atom. The number of carbonyl (C=O) groups is 1. The van der Waals surface area contributed by atoms with E-state index in [9.17, 15) is 9.59 Å². The molecule has 1 aromatic rings. The minimum absolute atomic E-state index is 0.0576. The Kier molecular flexibility index (Phi) is 4.03. The van der Waals surface area contributed by atoms with Crippen LogP contribution in [0.1, 0.15) is 35.9 Å². The molecule has 0 aliphatic carbocycles. The van der Waals surface area contributed by atoms with E-state index in [2.05, 4.69) is 21.6 Å². The standard InChI is InChI=1S/C10H14N2O3/c1-3-4-5-8-11-6-7(9(13)12-8)10(14)15-2/h6H,3-5H2,1-2H3,(H,11,12,13). The molecule has 1 rings (SSSR count). The zero-order chi connectivity index (χ0) is 11.3. The number of unbranched alkanes of at least 4 members (excludes halogenated alkanes) is 1. The summed E-state index contributed by atoms with van der Waals surface area (Å²) in [5.41, 5.74) is -0.499. The number of aryl methyl sites for hydroxylation is 1. The molecule has 0 aliphatic rings. The van der Waals surface area contributed by atoms with Crippen molar-refractivity contribution in [2.45, 2.75) is 26.2 Å². The maximum Gasteiger partial charge on any atom is 0.345 e. The highest BCUT2D eigenvalue weighted by Gasteiger charge is 2.11. The Labute approximate surface area is 87.5 Å². The van der Waals surface area contributed by atoms with E-state index in [4.69, 9.17) is 0 Å². The van der Waals surface area contributed by atoms with Gasteiger partial charge in [-0.3, -0.25) is 4.79 Å². The molecule has 0 saturated heterocycles. The number of nitrogens with one attached hydrogen (secondary N) is 1. The van der Waals surface area contributed by atoms with Crippen LogP contribution < -0.4 is 5.56 Å². The smallest absolute Gasteiger partial charge is 0.345 e. The Bertz CT molecular complexity index is 398. The van der Waals surface area contributed by atoms with Crippen molar-refractivity contribution in [2.24, 2.45) is 0 Å². The summed E-state index contributed by atoms with van der Waals surface area (Å²) in [6, 6.07) is 0. The third kappa shape index (κ3) is 2.90. The van der Waals surface area contributed by atoms with Crippen molar-refractivity contribution >= 4 is 5.97 Å². The molecule has 1 heterocycles. The van der Waals surface area contributed by atoms with Gasteiger partial charge in [-0.05, 0) is 6.42 Å². The summed E-state index contributed by atoms with van der Waals surface area (Å²) >= 11 is 0. The van der Waals surface area contributed by atoms with Gasteiger partial charge in [0.25, 0.3) is 5.56 Å². The zero-order valence-corrected chi connectivity index (χ0v) is 8.87. The number of ether oxygens (including phenoxy) is 1. The van der Waals surface area contributed by atoms with Gasteiger partial charge in [-0.15, -0.1) is 0 Å². The highest BCUT2D eigenvalue weighted by Crippen LogP contribution is 1.98. The van der Waals surface area contributed by atoms with E-state index in [0.717, 1.165) is 12.8 Å². The monoisotopic (exact) mass is 210 g/mol. The number of esters is 1. The highest BCUT2D eigenvalue weighted by molar-refractivity contribution is 5.88. The average Bonchev–Trinajstić information content (AvgIpc) is 2.25. The number of methoxy groups -OCH3 is 1. The van der Waals surface area contributed by atoms with Gasteiger partial charge in [0.15, 0.2) is 0 Å². The topological polar surface area (TPSA) is 72.0 Å². The van der Waals surface area contributed by atoms with Crippen LogP contribution in [0, 0.1) is 0 Å². The maximum atomic E-state index is 11.4. The quantitative estimate of drug-likeness (QED) is 0.749. The SMILES string of the molecule is CCCCc1ncc(C(=O)OC)c(=O)[nH]1. The number of aromatic amines is 1. The van der Waals surface area contributed by atoms with Gasteiger partial charge in [0.2, 0.25) is 0 Å². The summed E-state index contributed by atoms with van der Waals surface area (Å²) in [5, 5.41) is 0. The third-order valence-corrected chi connectivity index (χ3v) is 2.02. The lowest BCUT2D eigenvalue weighted by atomic mass is 10.2. The lowest BCUT2D eigenvalue weighted by Gasteiger charge is -2.00. The first-order chi connectivity index (χ1) is 7.19. The minimum atomic E-state index is -0.661. The number of rotatable bonds is 4. The van der Waals surface area contributed by atoms with E-state index in [1.54, 1.807) is 0 Å². The van der Waals surface area contributed by atoms with Crippen molar-refractivity contribution < 1.29 is 9.53 Å². The molecule has 0 amide bonds. The molecule has 0 radical (unpaired) electrons. The van der Waals surface area contributed by atoms with Crippen LogP contribution in [0.5, 0.6) is 0 Å². The summed E-state index contributed by atoms with van der Waals surface area (Å²) in [6.45, 7) is 2.06. The first-order valence-corrected chi connectivity index (χ1v) is 4.85. The second kappa shape index (κ2) is 5.29. The van der Waals surface area contributed by atoms with E-state index < -0.39 is 11.5 Å². The van der Waals surface area contributed by atoms with Crippen LogP contribution in [0.25, 0.3) is 0 Å². The fraction of sp³-hybridized carbons (Fsp3) is 0.500. The van der Waals surface area contributed by atoms with Crippen molar-refractivity contribution in [3.63, 3.8) is 0 Å². The molecule has 1 N–H and O–H groups in total. The number of hydrogen-bond donors (Lipinski definition) is 1. The maximum absolute atomic E-state index is 11.4. The molecule has 0 aliphatic heterocycles.